The third-order valence-electron chi connectivity index (χ3n) is 5.26. The van der Waals surface area contributed by atoms with Crippen LogP contribution in [0.2, 0.25) is 0 Å². The summed E-state index contributed by atoms with van der Waals surface area (Å²) < 4.78 is 65.7. The van der Waals surface area contributed by atoms with Gasteiger partial charge in [-0.05, 0) is 23.8 Å². The highest BCUT2D eigenvalue weighted by Gasteiger charge is 2.40. The Balaban J connectivity index is 1.82. The standard InChI is InChI=1S/C21H20F3N5O3S/c22-21(23,24)19-16-12-26-9-8-18(16)29(28-19)17-7-6-14(33(25,31)32)10-15(17)20(30)27-11-13-4-2-1-3-5-13/h1-7,10,26H,8-9,11-12H2,(H,27,30)(H2,25,31,32). The number of carbonyl (C=O) groups excluding carboxylic acids is 1. The van der Waals surface area contributed by atoms with E-state index in [9.17, 15) is 26.4 Å². The Bertz CT molecular complexity index is 1300. The number of carbonyl (C=O) groups is 1. The quantitative estimate of drug-likeness (QED) is 0.518. The lowest BCUT2D eigenvalue weighted by Crippen LogP contribution is -2.27. The predicted molar refractivity (Wildman–Crippen MR) is 113 cm³/mol. The van der Waals surface area contributed by atoms with E-state index in [0.717, 1.165) is 22.4 Å². The normalized spacial score (nSPS) is 14.1. The second kappa shape index (κ2) is 8.61. The summed E-state index contributed by atoms with van der Waals surface area (Å²) in [7, 11) is -4.16. The van der Waals surface area contributed by atoms with Crippen molar-refractivity contribution >= 4 is 15.9 Å². The van der Waals surface area contributed by atoms with E-state index in [1.54, 1.807) is 24.3 Å². The molecule has 0 atom stereocenters. The number of alkyl halides is 3. The maximum absolute atomic E-state index is 13.6. The molecule has 33 heavy (non-hydrogen) atoms. The maximum Gasteiger partial charge on any atom is 0.435 e. The number of fused-ring (bicyclic) bond motifs is 1. The molecule has 12 heteroatoms. The van der Waals surface area contributed by atoms with Gasteiger partial charge in [0.05, 0.1) is 21.8 Å². The molecule has 0 spiro atoms. The first-order valence-corrected chi connectivity index (χ1v) is 11.5. The van der Waals surface area contributed by atoms with Crippen LogP contribution in [-0.4, -0.2) is 30.7 Å². The lowest BCUT2D eigenvalue weighted by molar-refractivity contribution is -0.142. The SMILES string of the molecule is NS(=O)(=O)c1ccc(-n2nc(C(F)(F)F)c3c2CCNC3)c(C(=O)NCc2ccccc2)c1. The molecule has 3 aromatic rings. The summed E-state index contributed by atoms with van der Waals surface area (Å²) in [5.41, 5.74) is -0.0779. The Morgan fingerprint density at radius 1 is 1.18 bits per heavy atom. The minimum atomic E-state index is -4.69. The van der Waals surface area contributed by atoms with Gasteiger partial charge in [-0.1, -0.05) is 30.3 Å². The lowest BCUT2D eigenvalue weighted by atomic mass is 10.1. The van der Waals surface area contributed by atoms with Crippen molar-refractivity contribution in [3.8, 4) is 5.69 Å². The number of hydrogen-bond donors (Lipinski definition) is 3. The van der Waals surface area contributed by atoms with Crippen molar-refractivity contribution in [2.75, 3.05) is 6.54 Å². The molecule has 0 aliphatic carbocycles. The van der Waals surface area contributed by atoms with Crippen LogP contribution in [-0.2, 0) is 35.7 Å². The molecule has 0 unspecified atom stereocenters. The smallest absolute Gasteiger partial charge is 0.348 e. The van der Waals surface area contributed by atoms with Gasteiger partial charge < -0.3 is 10.6 Å². The van der Waals surface area contributed by atoms with Crippen molar-refractivity contribution in [2.45, 2.75) is 30.6 Å². The summed E-state index contributed by atoms with van der Waals surface area (Å²) >= 11 is 0. The zero-order valence-corrected chi connectivity index (χ0v) is 18.0. The van der Waals surface area contributed by atoms with Gasteiger partial charge in [-0.3, -0.25) is 4.79 Å². The molecule has 0 radical (unpaired) electrons. The van der Waals surface area contributed by atoms with E-state index in [0.29, 0.717) is 12.2 Å². The number of rotatable bonds is 5. The topological polar surface area (TPSA) is 119 Å². The van der Waals surface area contributed by atoms with Crippen LogP contribution in [0.1, 0.15) is 32.9 Å². The molecule has 0 saturated heterocycles. The number of hydrogen-bond acceptors (Lipinski definition) is 5. The number of benzene rings is 2. The number of nitrogens with two attached hydrogens (primary N) is 1. The van der Waals surface area contributed by atoms with Gasteiger partial charge in [0.15, 0.2) is 5.69 Å². The summed E-state index contributed by atoms with van der Waals surface area (Å²) in [6.07, 6.45) is -4.44. The van der Waals surface area contributed by atoms with E-state index in [1.807, 2.05) is 6.07 Å². The monoisotopic (exact) mass is 479 g/mol. The van der Waals surface area contributed by atoms with Crippen LogP contribution in [0.5, 0.6) is 0 Å². The van der Waals surface area contributed by atoms with Crippen LogP contribution in [0.25, 0.3) is 5.69 Å². The fourth-order valence-corrected chi connectivity index (χ4v) is 4.25. The van der Waals surface area contributed by atoms with Crippen LogP contribution < -0.4 is 15.8 Å². The minimum absolute atomic E-state index is 0.0000772. The van der Waals surface area contributed by atoms with Crippen molar-refractivity contribution < 1.29 is 26.4 Å². The van der Waals surface area contributed by atoms with Crippen molar-refractivity contribution in [1.29, 1.82) is 0 Å². The molecule has 1 amide bonds. The Labute approximate surface area is 187 Å². The Morgan fingerprint density at radius 3 is 2.58 bits per heavy atom. The molecule has 2 heterocycles. The number of aromatic nitrogens is 2. The molecule has 0 saturated carbocycles. The van der Waals surface area contributed by atoms with Gasteiger partial charge in [-0.2, -0.15) is 18.3 Å². The number of sulfonamides is 1. The van der Waals surface area contributed by atoms with Crippen molar-refractivity contribution in [3.05, 3.63) is 76.6 Å². The largest absolute Gasteiger partial charge is 0.435 e. The van der Waals surface area contributed by atoms with Gasteiger partial charge in [-0.15, -0.1) is 0 Å². The first-order chi connectivity index (χ1) is 15.6. The molecular formula is C21H20F3N5O3S. The first-order valence-electron chi connectivity index (χ1n) is 9.94. The van der Waals surface area contributed by atoms with Gasteiger partial charge >= 0.3 is 6.18 Å². The Hall–Kier alpha value is -3.22. The van der Waals surface area contributed by atoms with Crippen molar-refractivity contribution in [1.82, 2.24) is 20.4 Å². The fourth-order valence-electron chi connectivity index (χ4n) is 3.71. The molecule has 4 rings (SSSR count). The van der Waals surface area contributed by atoms with E-state index in [1.165, 1.54) is 6.07 Å². The lowest BCUT2D eigenvalue weighted by Gasteiger charge is -2.18. The van der Waals surface area contributed by atoms with E-state index < -0.39 is 27.8 Å². The van der Waals surface area contributed by atoms with Gasteiger partial charge in [0.1, 0.15) is 0 Å². The third kappa shape index (κ3) is 4.77. The van der Waals surface area contributed by atoms with Crippen LogP contribution in [0.4, 0.5) is 13.2 Å². The molecular weight excluding hydrogens is 459 g/mol. The number of amides is 1. The summed E-state index contributed by atoms with van der Waals surface area (Å²) in [5.74, 6) is -0.675. The van der Waals surface area contributed by atoms with Crippen LogP contribution in [0.15, 0.2) is 53.4 Å². The highest BCUT2D eigenvalue weighted by Crippen LogP contribution is 2.35. The molecule has 174 valence electrons. The first kappa shape index (κ1) is 23.0. The van der Waals surface area contributed by atoms with Crippen molar-refractivity contribution in [3.63, 3.8) is 0 Å². The summed E-state index contributed by atoms with van der Waals surface area (Å²) in [5, 5.41) is 14.6. The number of nitrogens with zero attached hydrogens (tertiary/aromatic N) is 2. The molecule has 1 aromatic heterocycles. The number of halogens is 3. The average molecular weight is 479 g/mol. The zero-order valence-electron chi connectivity index (χ0n) is 17.2. The predicted octanol–water partition coefficient (Wildman–Crippen LogP) is 2.11. The van der Waals surface area contributed by atoms with E-state index in [2.05, 4.69) is 15.7 Å². The zero-order chi connectivity index (χ0) is 23.8. The fraction of sp³-hybridized carbons (Fsp3) is 0.238. The summed E-state index contributed by atoms with van der Waals surface area (Å²) in [6.45, 7) is 0.545. The Kier molecular flexibility index (Phi) is 5.99. The van der Waals surface area contributed by atoms with Gasteiger partial charge in [-0.25, -0.2) is 18.2 Å². The molecule has 1 aliphatic heterocycles. The van der Waals surface area contributed by atoms with Gasteiger partial charge in [0.2, 0.25) is 10.0 Å². The molecule has 0 bridgehead atoms. The minimum Gasteiger partial charge on any atom is -0.348 e. The molecule has 1 aliphatic rings. The van der Waals surface area contributed by atoms with E-state index in [-0.39, 0.29) is 41.2 Å². The third-order valence-corrected chi connectivity index (χ3v) is 6.17. The molecule has 0 fully saturated rings. The Morgan fingerprint density at radius 2 is 1.91 bits per heavy atom. The maximum atomic E-state index is 13.6. The molecule has 8 nitrogen and oxygen atoms in total. The second-order valence-electron chi connectivity index (χ2n) is 7.50. The van der Waals surface area contributed by atoms with Gasteiger partial charge in [0, 0.05) is 31.6 Å². The number of primary sulfonamides is 1. The second-order valence-corrected chi connectivity index (χ2v) is 9.06. The highest BCUT2D eigenvalue weighted by atomic mass is 32.2. The van der Waals surface area contributed by atoms with E-state index in [4.69, 9.17) is 5.14 Å². The molecule has 2 aromatic carbocycles. The number of nitrogens with one attached hydrogen (secondary N) is 2. The van der Waals surface area contributed by atoms with Crippen molar-refractivity contribution in [2.24, 2.45) is 5.14 Å². The van der Waals surface area contributed by atoms with Crippen LogP contribution >= 0.6 is 0 Å². The van der Waals surface area contributed by atoms with Crippen LogP contribution in [0, 0.1) is 0 Å². The summed E-state index contributed by atoms with van der Waals surface area (Å²) in [4.78, 5) is 12.7. The van der Waals surface area contributed by atoms with Crippen LogP contribution in [0.3, 0.4) is 0 Å². The van der Waals surface area contributed by atoms with Gasteiger partial charge in [0.25, 0.3) is 5.91 Å². The average Bonchev–Trinajstić information content (AvgIpc) is 3.17. The van der Waals surface area contributed by atoms with E-state index >= 15 is 0 Å². The summed E-state index contributed by atoms with van der Waals surface area (Å²) in [6, 6.07) is 12.4. The highest BCUT2D eigenvalue weighted by molar-refractivity contribution is 7.89. The molecule has 4 N–H and O–H groups in total.